The van der Waals surface area contributed by atoms with Crippen LogP contribution in [0.25, 0.3) is 6.08 Å². The maximum Gasteiger partial charge on any atom is 0.328 e. The molecule has 0 fully saturated rings. The number of H-pyrrole nitrogens is 1. The number of esters is 2. The quantitative estimate of drug-likeness (QED) is 0.760. The summed E-state index contributed by atoms with van der Waals surface area (Å²) in [5.41, 5.74) is 0.0391. The molecule has 0 aromatic carbocycles. The second kappa shape index (κ2) is 7.39. The van der Waals surface area contributed by atoms with Crippen LogP contribution in [0.2, 0.25) is 0 Å². The first-order chi connectivity index (χ1) is 10.2. The number of ether oxygens (including phenoxy) is 2. The standard InChI is InChI=1S/C14H18N2O6/c1-8-12(16(4)14(20)15-13(8)19)5-11(6-21-9(2)17)7-22-10(3)18/h5H,6-7H2,1-4H3,(H,15,19,20). The van der Waals surface area contributed by atoms with E-state index in [-0.39, 0.29) is 13.2 Å². The highest BCUT2D eigenvalue weighted by atomic mass is 16.5. The van der Waals surface area contributed by atoms with E-state index in [2.05, 4.69) is 4.98 Å². The van der Waals surface area contributed by atoms with Crippen molar-refractivity contribution in [3.8, 4) is 0 Å². The fourth-order valence-corrected chi connectivity index (χ4v) is 1.66. The minimum atomic E-state index is -0.568. The van der Waals surface area contributed by atoms with Crippen LogP contribution in [0.1, 0.15) is 25.1 Å². The van der Waals surface area contributed by atoms with E-state index in [0.29, 0.717) is 16.8 Å². The van der Waals surface area contributed by atoms with Gasteiger partial charge in [0.2, 0.25) is 0 Å². The predicted octanol–water partition coefficient (Wildman–Crippen LogP) is -0.108. The van der Waals surface area contributed by atoms with Crippen molar-refractivity contribution >= 4 is 18.0 Å². The summed E-state index contributed by atoms with van der Waals surface area (Å²) in [6.45, 7) is 3.83. The summed E-state index contributed by atoms with van der Waals surface area (Å²) in [5, 5.41) is 0. The highest BCUT2D eigenvalue weighted by Crippen LogP contribution is 2.08. The Hall–Kier alpha value is -2.64. The number of rotatable bonds is 5. The molecule has 1 aromatic heterocycles. The number of aromatic amines is 1. The van der Waals surface area contributed by atoms with Crippen LogP contribution in [0.3, 0.4) is 0 Å². The Morgan fingerprint density at radius 1 is 1.14 bits per heavy atom. The lowest BCUT2D eigenvalue weighted by Gasteiger charge is -2.11. The molecule has 0 aliphatic rings. The Morgan fingerprint density at radius 2 is 1.64 bits per heavy atom. The molecule has 0 radical (unpaired) electrons. The van der Waals surface area contributed by atoms with Gasteiger partial charge >= 0.3 is 17.6 Å². The van der Waals surface area contributed by atoms with Gasteiger partial charge in [0.25, 0.3) is 5.56 Å². The SMILES string of the molecule is CC(=O)OCC(=Cc1c(C)c(=O)[nH]c(=O)n1C)COC(C)=O. The van der Waals surface area contributed by atoms with Crippen LogP contribution in [-0.2, 0) is 26.1 Å². The van der Waals surface area contributed by atoms with Crippen LogP contribution >= 0.6 is 0 Å². The Kier molecular flexibility index (Phi) is 5.85. The van der Waals surface area contributed by atoms with E-state index in [1.165, 1.54) is 31.5 Å². The summed E-state index contributed by atoms with van der Waals surface area (Å²) in [6.07, 6.45) is 1.50. The first-order valence-corrected chi connectivity index (χ1v) is 6.48. The first-order valence-electron chi connectivity index (χ1n) is 6.48. The summed E-state index contributed by atoms with van der Waals surface area (Å²) in [7, 11) is 1.49. The number of hydrogen-bond donors (Lipinski definition) is 1. The third kappa shape index (κ3) is 4.72. The fourth-order valence-electron chi connectivity index (χ4n) is 1.66. The zero-order chi connectivity index (χ0) is 16.9. The van der Waals surface area contributed by atoms with Gasteiger partial charge in [0.05, 0.1) is 5.69 Å². The van der Waals surface area contributed by atoms with Gasteiger partial charge in [-0.3, -0.25) is 23.9 Å². The van der Waals surface area contributed by atoms with Gasteiger partial charge in [-0.2, -0.15) is 0 Å². The highest BCUT2D eigenvalue weighted by molar-refractivity contribution is 5.67. The van der Waals surface area contributed by atoms with E-state index in [0.717, 1.165) is 0 Å². The molecule has 120 valence electrons. The molecule has 1 aromatic rings. The molecule has 22 heavy (non-hydrogen) atoms. The molecular weight excluding hydrogens is 292 g/mol. The monoisotopic (exact) mass is 310 g/mol. The fraction of sp³-hybridized carbons (Fsp3) is 0.429. The maximum atomic E-state index is 11.7. The van der Waals surface area contributed by atoms with Crippen LogP contribution in [-0.4, -0.2) is 34.7 Å². The van der Waals surface area contributed by atoms with Crippen molar-refractivity contribution < 1.29 is 19.1 Å². The smallest absolute Gasteiger partial charge is 0.328 e. The Morgan fingerprint density at radius 3 is 2.09 bits per heavy atom. The number of nitrogens with zero attached hydrogens (tertiary/aromatic N) is 1. The van der Waals surface area contributed by atoms with Gasteiger partial charge in [0.1, 0.15) is 13.2 Å². The number of hydrogen-bond acceptors (Lipinski definition) is 6. The van der Waals surface area contributed by atoms with Crippen molar-refractivity contribution in [3.05, 3.63) is 37.7 Å². The number of carbonyl (C=O) groups excluding carboxylic acids is 2. The van der Waals surface area contributed by atoms with E-state index in [1.807, 2.05) is 0 Å². The summed E-state index contributed by atoms with van der Waals surface area (Å²) < 4.78 is 11.0. The lowest BCUT2D eigenvalue weighted by molar-refractivity contribution is -0.141. The van der Waals surface area contributed by atoms with Crippen LogP contribution in [0.4, 0.5) is 0 Å². The molecule has 1 heterocycles. The molecular formula is C14H18N2O6. The minimum absolute atomic E-state index is 0.108. The van der Waals surface area contributed by atoms with Crippen LogP contribution in [0, 0.1) is 6.92 Å². The van der Waals surface area contributed by atoms with E-state index in [9.17, 15) is 19.2 Å². The average molecular weight is 310 g/mol. The van der Waals surface area contributed by atoms with Crippen LogP contribution in [0.5, 0.6) is 0 Å². The third-order valence-corrected chi connectivity index (χ3v) is 2.87. The predicted molar refractivity (Wildman–Crippen MR) is 78.3 cm³/mol. The van der Waals surface area contributed by atoms with Gasteiger partial charge in [0.15, 0.2) is 0 Å². The van der Waals surface area contributed by atoms with E-state index in [1.54, 1.807) is 6.92 Å². The topological polar surface area (TPSA) is 107 Å². The van der Waals surface area contributed by atoms with Gasteiger partial charge in [-0.1, -0.05) is 0 Å². The van der Waals surface area contributed by atoms with Crippen molar-refractivity contribution in [1.82, 2.24) is 9.55 Å². The lowest BCUT2D eigenvalue weighted by atomic mass is 10.1. The Balaban J connectivity index is 3.25. The summed E-state index contributed by atoms with van der Waals surface area (Å²) >= 11 is 0. The molecule has 1 N–H and O–H groups in total. The minimum Gasteiger partial charge on any atom is -0.461 e. The summed E-state index contributed by atoms with van der Waals surface area (Å²) in [6, 6.07) is 0. The molecule has 0 atom stereocenters. The zero-order valence-corrected chi connectivity index (χ0v) is 12.9. The van der Waals surface area contributed by atoms with E-state index in [4.69, 9.17) is 9.47 Å². The maximum absolute atomic E-state index is 11.7. The van der Waals surface area contributed by atoms with Crippen molar-refractivity contribution in [2.24, 2.45) is 7.05 Å². The molecule has 1 rings (SSSR count). The Bertz CT molecular complexity index is 672. The molecule has 0 spiro atoms. The second-order valence-corrected chi connectivity index (χ2v) is 4.69. The van der Waals surface area contributed by atoms with Gasteiger partial charge in [-0.25, -0.2) is 4.79 Å². The van der Waals surface area contributed by atoms with E-state index >= 15 is 0 Å². The molecule has 0 amide bonds. The molecule has 0 saturated heterocycles. The number of aromatic nitrogens is 2. The second-order valence-electron chi connectivity index (χ2n) is 4.69. The van der Waals surface area contributed by atoms with Gasteiger partial charge in [0, 0.05) is 32.0 Å². The number of nitrogens with one attached hydrogen (secondary N) is 1. The third-order valence-electron chi connectivity index (χ3n) is 2.87. The molecule has 8 heteroatoms. The van der Waals surface area contributed by atoms with Crippen molar-refractivity contribution in [3.63, 3.8) is 0 Å². The van der Waals surface area contributed by atoms with Crippen molar-refractivity contribution in [2.75, 3.05) is 13.2 Å². The van der Waals surface area contributed by atoms with E-state index < -0.39 is 23.2 Å². The number of carbonyl (C=O) groups is 2. The highest BCUT2D eigenvalue weighted by Gasteiger charge is 2.10. The van der Waals surface area contributed by atoms with Gasteiger partial charge in [-0.05, 0) is 13.0 Å². The van der Waals surface area contributed by atoms with Crippen LogP contribution in [0.15, 0.2) is 15.2 Å². The molecule has 0 aliphatic heterocycles. The molecule has 0 saturated carbocycles. The van der Waals surface area contributed by atoms with Crippen molar-refractivity contribution in [1.29, 1.82) is 0 Å². The van der Waals surface area contributed by atoms with Gasteiger partial charge < -0.3 is 9.47 Å². The molecule has 0 bridgehead atoms. The lowest BCUT2D eigenvalue weighted by Crippen LogP contribution is -2.32. The van der Waals surface area contributed by atoms with Crippen molar-refractivity contribution in [2.45, 2.75) is 20.8 Å². The molecule has 0 aliphatic carbocycles. The first kappa shape index (κ1) is 17.4. The van der Waals surface area contributed by atoms with Crippen LogP contribution < -0.4 is 11.2 Å². The zero-order valence-electron chi connectivity index (χ0n) is 12.9. The Labute approximate surface area is 126 Å². The molecule has 8 nitrogen and oxygen atoms in total. The normalized spacial score (nSPS) is 10.0. The molecule has 0 unspecified atom stereocenters. The summed E-state index contributed by atoms with van der Waals surface area (Å²) in [5.74, 6) is -0.990. The summed E-state index contributed by atoms with van der Waals surface area (Å²) in [4.78, 5) is 47.3. The largest absolute Gasteiger partial charge is 0.461 e. The average Bonchev–Trinajstić information content (AvgIpc) is 2.43. The van der Waals surface area contributed by atoms with Gasteiger partial charge in [-0.15, -0.1) is 0 Å².